The first-order valence-electron chi connectivity index (χ1n) is 10.2. The van der Waals surface area contributed by atoms with Crippen molar-refractivity contribution in [1.82, 2.24) is 15.6 Å². The Morgan fingerprint density at radius 2 is 2.00 bits per heavy atom. The first kappa shape index (κ1) is 22.4. The zero-order chi connectivity index (χ0) is 22.2. The van der Waals surface area contributed by atoms with Crippen LogP contribution in [0.1, 0.15) is 24.2 Å². The van der Waals surface area contributed by atoms with Crippen LogP contribution in [0.5, 0.6) is 11.5 Å². The molecule has 2 aromatic carbocycles. The molecule has 0 spiro atoms. The number of nitrogens with zero attached hydrogens (tertiary/aromatic N) is 1. The van der Waals surface area contributed by atoms with E-state index >= 15 is 0 Å². The lowest BCUT2D eigenvalue weighted by molar-refractivity contribution is 0.182. The summed E-state index contributed by atoms with van der Waals surface area (Å²) in [7, 11) is 3.13. The maximum Gasteiger partial charge on any atom is 0.191 e. The highest BCUT2D eigenvalue weighted by Gasteiger charge is 2.15. The van der Waals surface area contributed by atoms with Gasteiger partial charge in [0.2, 0.25) is 0 Å². The number of guanidine groups is 1. The van der Waals surface area contributed by atoms with Gasteiger partial charge in [0.05, 0.1) is 20.8 Å². The maximum atomic E-state index is 13.6. The second-order valence-electron chi connectivity index (χ2n) is 7.02. The fourth-order valence-electron chi connectivity index (χ4n) is 3.39. The van der Waals surface area contributed by atoms with Gasteiger partial charge in [-0.15, -0.1) is 0 Å². The molecule has 166 valence electrons. The third-order valence-corrected chi connectivity index (χ3v) is 4.98. The van der Waals surface area contributed by atoms with Crippen molar-refractivity contribution < 1.29 is 19.0 Å². The number of aromatic nitrogens is 1. The first-order valence-corrected chi connectivity index (χ1v) is 10.2. The number of aliphatic imine (C=N–C) groups is 1. The zero-order valence-electron chi connectivity index (χ0n) is 18.0. The SMILES string of the molecule is CCNC(=NCC(O)c1cc(OC)ccc1OC)NCCc1c[nH]c2ccc(F)cc12. The van der Waals surface area contributed by atoms with Crippen molar-refractivity contribution in [1.29, 1.82) is 0 Å². The van der Waals surface area contributed by atoms with Crippen molar-refractivity contribution in [2.45, 2.75) is 19.4 Å². The molecule has 31 heavy (non-hydrogen) atoms. The van der Waals surface area contributed by atoms with E-state index in [0.29, 0.717) is 42.5 Å². The van der Waals surface area contributed by atoms with Gasteiger partial charge in [-0.1, -0.05) is 0 Å². The Morgan fingerprint density at radius 1 is 1.16 bits per heavy atom. The molecule has 0 bridgehead atoms. The van der Waals surface area contributed by atoms with Crippen molar-refractivity contribution in [2.24, 2.45) is 4.99 Å². The predicted molar refractivity (Wildman–Crippen MR) is 120 cm³/mol. The van der Waals surface area contributed by atoms with E-state index in [-0.39, 0.29) is 12.4 Å². The molecule has 4 N–H and O–H groups in total. The molecule has 0 aliphatic heterocycles. The Kier molecular flexibility index (Phi) is 7.72. The minimum absolute atomic E-state index is 0.150. The molecule has 3 rings (SSSR count). The Bertz CT molecular complexity index is 1030. The average molecular weight is 429 g/mol. The minimum atomic E-state index is -0.850. The number of aliphatic hydroxyl groups excluding tert-OH is 1. The van der Waals surface area contributed by atoms with Crippen molar-refractivity contribution >= 4 is 16.9 Å². The second kappa shape index (κ2) is 10.7. The van der Waals surface area contributed by atoms with Crippen LogP contribution in [0.15, 0.2) is 47.6 Å². The van der Waals surface area contributed by atoms with Gasteiger partial charge in [-0.3, -0.25) is 4.99 Å². The number of nitrogens with one attached hydrogen (secondary N) is 3. The van der Waals surface area contributed by atoms with Crippen molar-refractivity contribution in [2.75, 3.05) is 33.9 Å². The summed E-state index contributed by atoms with van der Waals surface area (Å²) < 4.78 is 24.2. The smallest absolute Gasteiger partial charge is 0.191 e. The largest absolute Gasteiger partial charge is 0.497 e. The summed E-state index contributed by atoms with van der Waals surface area (Å²) in [5.74, 6) is 1.56. The van der Waals surface area contributed by atoms with Crippen LogP contribution in [0.2, 0.25) is 0 Å². The number of halogens is 1. The number of methoxy groups -OCH3 is 2. The van der Waals surface area contributed by atoms with Crippen LogP contribution in [-0.2, 0) is 6.42 Å². The highest BCUT2D eigenvalue weighted by Crippen LogP contribution is 2.29. The van der Waals surface area contributed by atoms with E-state index in [4.69, 9.17) is 9.47 Å². The van der Waals surface area contributed by atoms with Crippen LogP contribution >= 0.6 is 0 Å². The van der Waals surface area contributed by atoms with Gasteiger partial charge in [-0.05, 0) is 55.3 Å². The van der Waals surface area contributed by atoms with Crippen LogP contribution in [-0.4, -0.2) is 49.9 Å². The summed E-state index contributed by atoms with van der Waals surface area (Å²) >= 11 is 0. The number of aromatic amines is 1. The molecule has 0 aliphatic rings. The second-order valence-corrected chi connectivity index (χ2v) is 7.02. The fraction of sp³-hybridized carbons (Fsp3) is 0.348. The average Bonchev–Trinajstić information content (AvgIpc) is 3.18. The van der Waals surface area contributed by atoms with Crippen LogP contribution < -0.4 is 20.1 Å². The summed E-state index contributed by atoms with van der Waals surface area (Å²) in [5.41, 5.74) is 2.55. The number of fused-ring (bicyclic) bond motifs is 1. The van der Waals surface area contributed by atoms with E-state index in [1.807, 2.05) is 13.1 Å². The number of hydrogen-bond acceptors (Lipinski definition) is 4. The molecule has 1 atom stereocenters. The summed E-state index contributed by atoms with van der Waals surface area (Å²) in [6.45, 7) is 3.41. The first-order chi connectivity index (χ1) is 15.0. The van der Waals surface area contributed by atoms with Gasteiger partial charge in [0.1, 0.15) is 23.4 Å². The molecule has 7 nitrogen and oxygen atoms in total. The van der Waals surface area contributed by atoms with E-state index in [1.54, 1.807) is 44.6 Å². The van der Waals surface area contributed by atoms with Gasteiger partial charge in [0.15, 0.2) is 5.96 Å². The molecule has 0 radical (unpaired) electrons. The number of ether oxygens (including phenoxy) is 2. The molecule has 0 amide bonds. The zero-order valence-corrected chi connectivity index (χ0v) is 18.0. The van der Waals surface area contributed by atoms with Gasteiger partial charge < -0.3 is 30.2 Å². The van der Waals surface area contributed by atoms with Crippen molar-refractivity contribution in [3.05, 3.63) is 59.5 Å². The molecule has 0 aliphatic carbocycles. The third-order valence-electron chi connectivity index (χ3n) is 4.98. The number of rotatable bonds is 9. The lowest BCUT2D eigenvalue weighted by Crippen LogP contribution is -2.38. The van der Waals surface area contributed by atoms with Gasteiger partial charge in [0.25, 0.3) is 0 Å². The molecule has 0 saturated heterocycles. The Morgan fingerprint density at radius 3 is 2.74 bits per heavy atom. The predicted octanol–water partition coefficient (Wildman–Crippen LogP) is 3.16. The molecular formula is C23H29FN4O3. The molecule has 8 heteroatoms. The molecule has 1 heterocycles. The van der Waals surface area contributed by atoms with Crippen molar-refractivity contribution in [3.63, 3.8) is 0 Å². The molecule has 3 aromatic rings. The highest BCUT2D eigenvalue weighted by molar-refractivity contribution is 5.83. The molecule has 0 fully saturated rings. The summed E-state index contributed by atoms with van der Waals surface area (Å²) in [6.07, 6.45) is 1.74. The lowest BCUT2D eigenvalue weighted by Gasteiger charge is -2.16. The monoisotopic (exact) mass is 428 g/mol. The van der Waals surface area contributed by atoms with Gasteiger partial charge in [-0.2, -0.15) is 0 Å². The number of hydrogen-bond donors (Lipinski definition) is 4. The highest BCUT2D eigenvalue weighted by atomic mass is 19.1. The standard InChI is InChI=1S/C23H29FN4O3/c1-4-25-23(26-10-9-15-13-27-20-7-5-16(24)11-18(15)20)28-14-21(29)19-12-17(30-2)6-8-22(19)31-3/h5-8,11-13,21,27,29H,4,9-10,14H2,1-3H3,(H2,25,26,28). The molecule has 1 aromatic heterocycles. The van der Waals surface area contributed by atoms with Gasteiger partial charge >= 0.3 is 0 Å². The number of benzene rings is 2. The van der Waals surface area contributed by atoms with E-state index in [9.17, 15) is 9.50 Å². The topological polar surface area (TPSA) is 90.9 Å². The van der Waals surface area contributed by atoms with E-state index in [0.717, 1.165) is 16.5 Å². The number of aliphatic hydroxyl groups is 1. The fourth-order valence-corrected chi connectivity index (χ4v) is 3.39. The van der Waals surface area contributed by atoms with Gasteiger partial charge in [-0.25, -0.2) is 4.39 Å². The van der Waals surface area contributed by atoms with Crippen LogP contribution in [0.25, 0.3) is 10.9 Å². The van der Waals surface area contributed by atoms with E-state index < -0.39 is 6.10 Å². The van der Waals surface area contributed by atoms with Crippen molar-refractivity contribution in [3.8, 4) is 11.5 Å². The summed E-state index contributed by atoms with van der Waals surface area (Å²) in [6, 6.07) is 10.0. The Hall–Kier alpha value is -3.26. The third kappa shape index (κ3) is 5.67. The molecule has 0 saturated carbocycles. The summed E-state index contributed by atoms with van der Waals surface area (Å²) in [4.78, 5) is 7.66. The molecule has 1 unspecified atom stereocenters. The van der Waals surface area contributed by atoms with Crippen LogP contribution in [0.3, 0.4) is 0 Å². The summed E-state index contributed by atoms with van der Waals surface area (Å²) in [5, 5.41) is 18.0. The quantitative estimate of drug-likeness (QED) is 0.311. The minimum Gasteiger partial charge on any atom is -0.497 e. The van der Waals surface area contributed by atoms with E-state index in [1.165, 1.54) is 6.07 Å². The maximum absolute atomic E-state index is 13.6. The van der Waals surface area contributed by atoms with Gasteiger partial charge in [0, 0.05) is 35.8 Å². The molecular weight excluding hydrogens is 399 g/mol. The van der Waals surface area contributed by atoms with Crippen LogP contribution in [0, 0.1) is 5.82 Å². The number of H-pyrrole nitrogens is 1. The Labute approximate surface area is 181 Å². The Balaban J connectivity index is 1.64. The normalized spacial score (nSPS) is 12.6. The van der Waals surface area contributed by atoms with Crippen LogP contribution in [0.4, 0.5) is 4.39 Å². The lowest BCUT2D eigenvalue weighted by atomic mass is 10.1. The van der Waals surface area contributed by atoms with E-state index in [2.05, 4.69) is 20.6 Å².